The number of nitrogens with zero attached hydrogens (tertiary/aromatic N) is 2. The number of amides is 2. The molecular formula is C13H14N2O3S3. The fourth-order valence-corrected chi connectivity index (χ4v) is 9.34. The Morgan fingerprint density at radius 3 is 2.95 bits per heavy atom. The number of likely N-dealkylation sites (N-methyl/N-ethyl adjacent to an activating group) is 1. The van der Waals surface area contributed by atoms with Gasteiger partial charge in [0, 0.05) is 13.5 Å². The Labute approximate surface area is 134 Å². The molecule has 0 radical (unpaired) electrons. The Morgan fingerprint density at radius 1 is 1.38 bits per heavy atom. The van der Waals surface area contributed by atoms with Crippen molar-refractivity contribution in [1.29, 1.82) is 0 Å². The first kappa shape index (κ1) is 14.0. The van der Waals surface area contributed by atoms with Gasteiger partial charge >= 0.3 is 0 Å². The molecule has 5 aliphatic rings. The lowest BCUT2D eigenvalue weighted by atomic mass is 9.99. The normalized spacial score (nSPS) is 41.0. The predicted octanol–water partition coefficient (Wildman–Crippen LogP) is 1.37. The minimum Gasteiger partial charge on any atom is -0.392 e. The highest BCUT2D eigenvalue weighted by Gasteiger charge is 2.69. The molecule has 3 atom stereocenters. The van der Waals surface area contributed by atoms with Crippen molar-refractivity contribution in [1.82, 2.24) is 9.80 Å². The van der Waals surface area contributed by atoms with Gasteiger partial charge in [-0.05, 0) is 43.4 Å². The van der Waals surface area contributed by atoms with Crippen LogP contribution in [0.25, 0.3) is 0 Å². The lowest BCUT2D eigenvalue weighted by molar-refractivity contribution is -0.165. The molecule has 112 valence electrons. The smallest absolute Gasteiger partial charge is 0.264 e. The zero-order valence-corrected chi connectivity index (χ0v) is 13.8. The van der Waals surface area contributed by atoms with Crippen molar-refractivity contribution in [2.45, 2.75) is 28.6 Å². The first-order valence-corrected chi connectivity index (χ1v) is 10.2. The average Bonchev–Trinajstić information content (AvgIpc) is 2.72. The summed E-state index contributed by atoms with van der Waals surface area (Å²) in [4.78, 5) is 27.3. The van der Waals surface area contributed by atoms with Crippen molar-refractivity contribution in [3.8, 4) is 0 Å². The topological polar surface area (TPSA) is 60.9 Å². The van der Waals surface area contributed by atoms with E-state index in [-0.39, 0.29) is 24.5 Å². The number of fused-ring (bicyclic) bond motifs is 4. The van der Waals surface area contributed by atoms with Gasteiger partial charge in [-0.1, -0.05) is 18.2 Å². The number of rotatable bonds is 1. The number of aliphatic hydroxyl groups excluding tert-OH is 1. The number of aliphatic hydroxyl groups is 1. The fourth-order valence-electron chi connectivity index (χ4n) is 3.49. The van der Waals surface area contributed by atoms with Gasteiger partial charge in [0.05, 0.1) is 12.6 Å². The van der Waals surface area contributed by atoms with Gasteiger partial charge in [-0.25, -0.2) is 0 Å². The van der Waals surface area contributed by atoms with E-state index >= 15 is 0 Å². The van der Waals surface area contributed by atoms with E-state index in [4.69, 9.17) is 0 Å². The lowest BCUT2D eigenvalue weighted by Gasteiger charge is -2.50. The molecule has 0 aromatic carbocycles. The standard InChI is InChI=1S/C13H14N2O3S3/c1-14-10(17)12-6-8-4-2-3-5-9(8)15(12)11(18)13(14,7-16)20-21-19-12/h2-4,9,16H,5-7H2,1H3/t9?,12?,13-/m1/s1. The molecule has 21 heavy (non-hydrogen) atoms. The van der Waals surface area contributed by atoms with Crippen LogP contribution in [-0.4, -0.2) is 56.2 Å². The largest absolute Gasteiger partial charge is 0.392 e. The second-order valence-corrected chi connectivity index (χ2v) is 10.1. The third kappa shape index (κ3) is 1.51. The van der Waals surface area contributed by atoms with Crippen LogP contribution in [0.4, 0.5) is 0 Å². The molecule has 0 saturated carbocycles. The van der Waals surface area contributed by atoms with E-state index in [2.05, 4.69) is 0 Å². The van der Waals surface area contributed by atoms with E-state index in [1.54, 1.807) is 11.9 Å². The third-order valence-corrected chi connectivity index (χ3v) is 9.74. The first-order chi connectivity index (χ1) is 10.1. The molecule has 1 N–H and O–H groups in total. The van der Waals surface area contributed by atoms with E-state index in [0.29, 0.717) is 6.42 Å². The molecule has 0 aromatic rings. The van der Waals surface area contributed by atoms with Gasteiger partial charge in [0.25, 0.3) is 11.8 Å². The zero-order valence-electron chi connectivity index (χ0n) is 11.3. The van der Waals surface area contributed by atoms with Crippen LogP contribution < -0.4 is 0 Å². The van der Waals surface area contributed by atoms with E-state index in [0.717, 1.165) is 12.0 Å². The molecule has 4 fully saturated rings. The van der Waals surface area contributed by atoms with E-state index < -0.39 is 9.74 Å². The summed E-state index contributed by atoms with van der Waals surface area (Å²) in [5, 5.41) is 9.85. The summed E-state index contributed by atoms with van der Waals surface area (Å²) < 4.78 is 0. The maximum absolute atomic E-state index is 13.1. The van der Waals surface area contributed by atoms with Crippen LogP contribution in [0.15, 0.2) is 23.8 Å². The number of hydrogen-bond donors (Lipinski definition) is 1. The van der Waals surface area contributed by atoms with Crippen molar-refractivity contribution < 1.29 is 14.7 Å². The van der Waals surface area contributed by atoms with Crippen molar-refractivity contribution in [2.24, 2.45) is 0 Å². The highest BCUT2D eigenvalue weighted by Crippen LogP contribution is 2.64. The Balaban J connectivity index is 1.91. The molecule has 2 bridgehead atoms. The van der Waals surface area contributed by atoms with E-state index in [1.165, 1.54) is 36.3 Å². The second-order valence-electron chi connectivity index (χ2n) is 5.60. The summed E-state index contributed by atoms with van der Waals surface area (Å²) in [7, 11) is 5.81. The summed E-state index contributed by atoms with van der Waals surface area (Å²) in [6.07, 6.45) is 7.37. The van der Waals surface area contributed by atoms with Crippen LogP contribution in [-0.2, 0) is 9.59 Å². The number of carbonyl (C=O) groups is 2. The molecule has 1 aliphatic carbocycles. The maximum atomic E-state index is 13.1. The van der Waals surface area contributed by atoms with Crippen molar-refractivity contribution in [3.05, 3.63) is 23.8 Å². The lowest BCUT2D eigenvalue weighted by Crippen LogP contribution is -2.72. The van der Waals surface area contributed by atoms with Gasteiger partial charge in [0.1, 0.15) is 0 Å². The molecule has 5 rings (SSSR count). The third-order valence-electron chi connectivity index (χ3n) is 4.67. The van der Waals surface area contributed by atoms with Gasteiger partial charge in [0.2, 0.25) is 4.87 Å². The van der Waals surface area contributed by atoms with Crippen LogP contribution in [0, 0.1) is 0 Å². The molecule has 1 spiro atoms. The molecule has 0 aromatic heterocycles. The summed E-state index contributed by atoms with van der Waals surface area (Å²) >= 11 is 0. The Hall–Kier alpha value is -0.570. The molecule has 4 saturated heterocycles. The van der Waals surface area contributed by atoms with Gasteiger partial charge in [-0.2, -0.15) is 0 Å². The molecule has 5 nitrogen and oxygen atoms in total. The second kappa shape index (κ2) is 4.47. The first-order valence-electron chi connectivity index (χ1n) is 6.69. The number of carbonyl (C=O) groups excluding carboxylic acids is 2. The van der Waals surface area contributed by atoms with Gasteiger partial charge in [-0.15, -0.1) is 0 Å². The van der Waals surface area contributed by atoms with Crippen LogP contribution in [0.1, 0.15) is 12.8 Å². The summed E-state index contributed by atoms with van der Waals surface area (Å²) in [5.74, 6) is -0.216. The zero-order chi connectivity index (χ0) is 14.8. The quantitative estimate of drug-likeness (QED) is 0.727. The van der Waals surface area contributed by atoms with E-state index in [9.17, 15) is 14.7 Å². The van der Waals surface area contributed by atoms with Crippen molar-refractivity contribution in [2.75, 3.05) is 13.7 Å². The Bertz CT molecular complexity index is 607. The predicted molar refractivity (Wildman–Crippen MR) is 85.2 cm³/mol. The highest BCUT2D eigenvalue weighted by molar-refractivity contribution is 9.10. The van der Waals surface area contributed by atoms with Gasteiger partial charge < -0.3 is 14.9 Å². The SMILES string of the molecule is CN1C(=O)C23CC4=CC=CCC4N2C(=O)[C@@]1(CO)SSS3. The number of hydrogen-bond acceptors (Lipinski definition) is 6. The summed E-state index contributed by atoms with van der Waals surface area (Å²) in [5.41, 5.74) is 1.14. The number of piperazine rings is 1. The van der Waals surface area contributed by atoms with Gasteiger partial charge in [0.15, 0.2) is 4.87 Å². The minimum atomic E-state index is -1.19. The van der Waals surface area contributed by atoms with Gasteiger partial charge in [-0.3, -0.25) is 9.59 Å². The average molecular weight is 342 g/mol. The minimum absolute atomic E-state index is 0.0436. The molecule has 2 unspecified atom stereocenters. The Kier molecular flexibility index (Phi) is 2.99. The number of allylic oxidation sites excluding steroid dienone is 2. The van der Waals surface area contributed by atoms with Crippen molar-refractivity contribution >= 4 is 43.2 Å². The molecule has 2 amide bonds. The Morgan fingerprint density at radius 2 is 2.19 bits per heavy atom. The van der Waals surface area contributed by atoms with Crippen LogP contribution in [0.3, 0.4) is 0 Å². The highest BCUT2D eigenvalue weighted by atomic mass is 33.5. The van der Waals surface area contributed by atoms with E-state index in [1.807, 2.05) is 18.2 Å². The summed E-state index contributed by atoms with van der Waals surface area (Å²) in [6, 6.07) is -0.0436. The monoisotopic (exact) mass is 342 g/mol. The van der Waals surface area contributed by atoms with Crippen LogP contribution in [0.2, 0.25) is 0 Å². The molecule has 8 heteroatoms. The van der Waals surface area contributed by atoms with Crippen molar-refractivity contribution in [3.63, 3.8) is 0 Å². The molecular weight excluding hydrogens is 328 g/mol. The van der Waals surface area contributed by atoms with Crippen LogP contribution >= 0.6 is 31.4 Å². The molecule has 4 aliphatic heterocycles. The summed E-state index contributed by atoms with van der Waals surface area (Å²) in [6.45, 7) is -0.361. The fraction of sp³-hybridized carbons (Fsp3) is 0.538. The van der Waals surface area contributed by atoms with Crippen LogP contribution in [0.5, 0.6) is 0 Å². The molecule has 4 heterocycles. The maximum Gasteiger partial charge on any atom is 0.264 e.